The van der Waals surface area contributed by atoms with Crippen LogP contribution in [0, 0.1) is 29.6 Å². The quantitative estimate of drug-likeness (QED) is 0.324. The zero-order valence-electron chi connectivity index (χ0n) is 18.9. The minimum absolute atomic E-state index is 0.549. The van der Waals surface area contributed by atoms with Crippen molar-refractivity contribution in [1.29, 1.82) is 0 Å². The number of unbranched alkanes of at least 4 members (excludes halogenated alkanes) is 6. The molecule has 162 valence electrons. The van der Waals surface area contributed by atoms with Crippen molar-refractivity contribution in [2.45, 2.75) is 135 Å². The standard InChI is InChI=1S/C27H48O/c1-2-3-4-5-6-7-8-9-22-10-12-23(13-11-22)14-15-24-16-17-26-21-27(28)19-18-25(26)20-24/h22-26H,2-21H2,1H3. The number of rotatable bonds is 11. The minimum Gasteiger partial charge on any atom is -0.300 e. The zero-order chi connectivity index (χ0) is 19.6. The average Bonchev–Trinajstić information content (AvgIpc) is 2.72. The second kappa shape index (κ2) is 12.4. The highest BCUT2D eigenvalue weighted by Gasteiger charge is 2.35. The third kappa shape index (κ3) is 7.49. The van der Waals surface area contributed by atoms with Crippen molar-refractivity contribution in [1.82, 2.24) is 0 Å². The highest BCUT2D eigenvalue weighted by atomic mass is 16.1. The molecular weight excluding hydrogens is 340 g/mol. The maximum atomic E-state index is 11.7. The van der Waals surface area contributed by atoms with Gasteiger partial charge < -0.3 is 0 Å². The Labute approximate surface area is 175 Å². The van der Waals surface area contributed by atoms with Crippen molar-refractivity contribution in [2.75, 3.05) is 0 Å². The topological polar surface area (TPSA) is 17.1 Å². The van der Waals surface area contributed by atoms with E-state index in [-0.39, 0.29) is 0 Å². The highest BCUT2D eigenvalue weighted by Crippen LogP contribution is 2.44. The Kier molecular flexibility index (Phi) is 9.89. The summed E-state index contributed by atoms with van der Waals surface area (Å²) in [4.78, 5) is 11.7. The molecule has 0 bridgehead atoms. The van der Waals surface area contributed by atoms with E-state index in [9.17, 15) is 4.79 Å². The number of carbonyl (C=O) groups excluding carboxylic acids is 1. The van der Waals surface area contributed by atoms with Gasteiger partial charge in [0.15, 0.2) is 0 Å². The summed E-state index contributed by atoms with van der Waals surface area (Å²) in [6, 6.07) is 0. The molecule has 3 aliphatic rings. The van der Waals surface area contributed by atoms with Gasteiger partial charge in [0.2, 0.25) is 0 Å². The van der Waals surface area contributed by atoms with Crippen molar-refractivity contribution in [3.8, 4) is 0 Å². The summed E-state index contributed by atoms with van der Waals surface area (Å²) in [5.41, 5.74) is 0. The van der Waals surface area contributed by atoms with Gasteiger partial charge in [0.1, 0.15) is 5.78 Å². The summed E-state index contributed by atoms with van der Waals surface area (Å²) in [6.07, 6.45) is 28.0. The molecule has 1 nitrogen and oxygen atoms in total. The molecule has 3 atom stereocenters. The lowest BCUT2D eigenvalue weighted by Crippen LogP contribution is -2.31. The molecular formula is C27H48O. The monoisotopic (exact) mass is 388 g/mol. The first-order chi connectivity index (χ1) is 13.7. The van der Waals surface area contributed by atoms with Crippen LogP contribution in [0.3, 0.4) is 0 Å². The van der Waals surface area contributed by atoms with Crippen molar-refractivity contribution >= 4 is 5.78 Å². The first-order valence-electron chi connectivity index (χ1n) is 13.3. The minimum atomic E-state index is 0.549. The molecule has 0 aromatic heterocycles. The van der Waals surface area contributed by atoms with Crippen molar-refractivity contribution in [3.05, 3.63) is 0 Å². The third-order valence-corrected chi connectivity index (χ3v) is 8.70. The molecule has 0 saturated heterocycles. The number of fused-ring (bicyclic) bond motifs is 1. The molecule has 1 heteroatoms. The van der Waals surface area contributed by atoms with E-state index in [1.165, 1.54) is 116 Å². The lowest BCUT2D eigenvalue weighted by Gasteiger charge is -2.39. The van der Waals surface area contributed by atoms with E-state index in [2.05, 4.69) is 6.92 Å². The Morgan fingerprint density at radius 3 is 2.00 bits per heavy atom. The van der Waals surface area contributed by atoms with E-state index < -0.39 is 0 Å². The fraction of sp³-hybridized carbons (Fsp3) is 0.963. The zero-order valence-corrected chi connectivity index (χ0v) is 18.9. The SMILES string of the molecule is CCCCCCCCCC1CCC(CCC2CCC3CC(=O)CCC3C2)CC1. The van der Waals surface area contributed by atoms with Gasteiger partial charge >= 0.3 is 0 Å². The maximum Gasteiger partial charge on any atom is 0.133 e. The van der Waals surface area contributed by atoms with E-state index in [1.54, 1.807) is 0 Å². The van der Waals surface area contributed by atoms with Crippen LogP contribution in [-0.4, -0.2) is 5.78 Å². The van der Waals surface area contributed by atoms with Crippen LogP contribution in [0.4, 0.5) is 0 Å². The van der Waals surface area contributed by atoms with Crippen LogP contribution in [-0.2, 0) is 4.79 Å². The van der Waals surface area contributed by atoms with Gasteiger partial charge in [-0.05, 0) is 48.9 Å². The van der Waals surface area contributed by atoms with E-state index in [0.29, 0.717) is 5.78 Å². The molecule has 3 aliphatic carbocycles. The second-order valence-corrected chi connectivity index (χ2v) is 10.9. The van der Waals surface area contributed by atoms with Gasteiger partial charge in [-0.3, -0.25) is 4.79 Å². The first-order valence-corrected chi connectivity index (χ1v) is 13.3. The molecule has 0 amide bonds. The molecule has 3 unspecified atom stereocenters. The van der Waals surface area contributed by atoms with Gasteiger partial charge in [-0.2, -0.15) is 0 Å². The summed E-state index contributed by atoms with van der Waals surface area (Å²) in [6.45, 7) is 2.31. The predicted molar refractivity (Wildman–Crippen MR) is 120 cm³/mol. The Hall–Kier alpha value is -0.330. The Bertz CT molecular complexity index is 434. The number of carbonyl (C=O) groups is 1. The van der Waals surface area contributed by atoms with Gasteiger partial charge in [-0.15, -0.1) is 0 Å². The van der Waals surface area contributed by atoms with E-state index in [1.807, 2.05) is 0 Å². The molecule has 0 aromatic rings. The van der Waals surface area contributed by atoms with Crippen LogP contribution >= 0.6 is 0 Å². The Balaban J connectivity index is 1.21. The number of Topliss-reactive ketones (excluding diaryl/α,β-unsaturated/α-hetero) is 1. The van der Waals surface area contributed by atoms with Crippen molar-refractivity contribution in [3.63, 3.8) is 0 Å². The highest BCUT2D eigenvalue weighted by molar-refractivity contribution is 5.79. The summed E-state index contributed by atoms with van der Waals surface area (Å²) < 4.78 is 0. The molecule has 0 heterocycles. The second-order valence-electron chi connectivity index (χ2n) is 10.9. The number of hydrogen-bond donors (Lipinski definition) is 0. The first kappa shape index (κ1) is 22.4. The average molecular weight is 389 g/mol. The Morgan fingerprint density at radius 2 is 1.25 bits per heavy atom. The van der Waals surface area contributed by atoms with E-state index in [0.717, 1.165) is 42.4 Å². The Morgan fingerprint density at radius 1 is 0.643 bits per heavy atom. The smallest absolute Gasteiger partial charge is 0.133 e. The number of ketones is 1. The van der Waals surface area contributed by atoms with Crippen LogP contribution in [0.15, 0.2) is 0 Å². The van der Waals surface area contributed by atoms with Gasteiger partial charge in [-0.25, -0.2) is 0 Å². The molecule has 28 heavy (non-hydrogen) atoms. The molecule has 0 spiro atoms. The summed E-state index contributed by atoms with van der Waals surface area (Å²) in [5, 5.41) is 0. The predicted octanol–water partition coefficient (Wildman–Crippen LogP) is 8.50. The van der Waals surface area contributed by atoms with Crippen LogP contribution in [0.2, 0.25) is 0 Å². The normalized spacial score (nSPS) is 33.6. The van der Waals surface area contributed by atoms with Gasteiger partial charge in [0.25, 0.3) is 0 Å². The van der Waals surface area contributed by atoms with Crippen molar-refractivity contribution in [2.24, 2.45) is 29.6 Å². The fourth-order valence-corrected chi connectivity index (χ4v) is 6.72. The van der Waals surface area contributed by atoms with E-state index >= 15 is 0 Å². The lowest BCUT2D eigenvalue weighted by atomic mass is 9.66. The molecule has 3 rings (SSSR count). The molecule has 3 fully saturated rings. The molecule has 0 N–H and O–H groups in total. The van der Waals surface area contributed by atoms with Crippen LogP contribution < -0.4 is 0 Å². The van der Waals surface area contributed by atoms with Gasteiger partial charge in [0, 0.05) is 12.8 Å². The van der Waals surface area contributed by atoms with Crippen LogP contribution in [0.1, 0.15) is 135 Å². The summed E-state index contributed by atoms with van der Waals surface area (Å²) >= 11 is 0. The molecule has 0 aliphatic heterocycles. The number of hydrogen-bond acceptors (Lipinski definition) is 1. The van der Waals surface area contributed by atoms with Crippen LogP contribution in [0.5, 0.6) is 0 Å². The fourth-order valence-electron chi connectivity index (χ4n) is 6.72. The largest absolute Gasteiger partial charge is 0.300 e. The van der Waals surface area contributed by atoms with E-state index in [4.69, 9.17) is 0 Å². The molecule has 3 saturated carbocycles. The van der Waals surface area contributed by atoms with Crippen LogP contribution in [0.25, 0.3) is 0 Å². The van der Waals surface area contributed by atoms with Crippen molar-refractivity contribution < 1.29 is 4.79 Å². The summed E-state index contributed by atoms with van der Waals surface area (Å²) in [5.74, 6) is 5.29. The molecule has 0 radical (unpaired) electrons. The summed E-state index contributed by atoms with van der Waals surface area (Å²) in [7, 11) is 0. The third-order valence-electron chi connectivity index (χ3n) is 8.70. The lowest BCUT2D eigenvalue weighted by molar-refractivity contribution is -0.123. The van der Waals surface area contributed by atoms with Gasteiger partial charge in [0.05, 0.1) is 0 Å². The molecule has 0 aromatic carbocycles. The van der Waals surface area contributed by atoms with Gasteiger partial charge in [-0.1, -0.05) is 103 Å². The maximum absolute atomic E-state index is 11.7.